The normalized spacial score (nSPS) is 9.47. The van der Waals surface area contributed by atoms with E-state index in [1.165, 1.54) is 12.0 Å². The molecule has 3 nitrogen and oxygen atoms in total. The van der Waals surface area contributed by atoms with Gasteiger partial charge in [0.1, 0.15) is 0 Å². The van der Waals surface area contributed by atoms with E-state index in [1.54, 1.807) is 6.20 Å². The molecule has 2 aromatic rings. The summed E-state index contributed by atoms with van der Waals surface area (Å²) in [6, 6.07) is 10.2. The molecule has 0 spiro atoms. The molecule has 0 atom stereocenters. The first kappa shape index (κ1) is 15.2. The van der Waals surface area contributed by atoms with Crippen molar-refractivity contribution in [1.82, 2.24) is 9.97 Å². The number of anilines is 2. The van der Waals surface area contributed by atoms with E-state index in [9.17, 15) is 0 Å². The van der Waals surface area contributed by atoms with Gasteiger partial charge in [-0.05, 0) is 37.1 Å². The summed E-state index contributed by atoms with van der Waals surface area (Å²) in [6.45, 7) is 8.35. The molecule has 0 aliphatic heterocycles. The molecular formula is C16H23N3. The fourth-order valence-corrected chi connectivity index (χ4v) is 1.46. The molecule has 0 amide bonds. The second kappa shape index (κ2) is 8.25. The van der Waals surface area contributed by atoms with Crippen molar-refractivity contribution >= 4 is 11.6 Å². The first-order chi connectivity index (χ1) is 9.19. The molecular weight excluding hydrogens is 234 g/mol. The van der Waals surface area contributed by atoms with Gasteiger partial charge in [0, 0.05) is 17.6 Å². The van der Waals surface area contributed by atoms with Gasteiger partial charge >= 0.3 is 0 Å². The van der Waals surface area contributed by atoms with E-state index in [-0.39, 0.29) is 0 Å². The van der Waals surface area contributed by atoms with Gasteiger partial charge in [-0.2, -0.15) is 0 Å². The number of aromatic nitrogens is 2. The van der Waals surface area contributed by atoms with Crippen LogP contribution in [0.1, 0.15) is 38.4 Å². The summed E-state index contributed by atoms with van der Waals surface area (Å²) in [5, 5.41) is 3.17. The summed E-state index contributed by atoms with van der Waals surface area (Å²) < 4.78 is 0. The van der Waals surface area contributed by atoms with E-state index in [4.69, 9.17) is 0 Å². The van der Waals surface area contributed by atoms with Gasteiger partial charge in [0.15, 0.2) is 0 Å². The first-order valence-electron chi connectivity index (χ1n) is 6.85. The number of hydrogen-bond acceptors (Lipinski definition) is 3. The van der Waals surface area contributed by atoms with Gasteiger partial charge in [0.05, 0.1) is 0 Å². The molecule has 3 heteroatoms. The first-order valence-corrected chi connectivity index (χ1v) is 6.85. The average Bonchev–Trinajstić information content (AvgIpc) is 2.40. The quantitative estimate of drug-likeness (QED) is 0.879. The van der Waals surface area contributed by atoms with Crippen molar-refractivity contribution in [1.29, 1.82) is 0 Å². The van der Waals surface area contributed by atoms with Gasteiger partial charge in [0.2, 0.25) is 5.95 Å². The molecule has 1 N–H and O–H groups in total. The lowest BCUT2D eigenvalue weighted by atomic mass is 10.1. The van der Waals surface area contributed by atoms with E-state index in [0.29, 0.717) is 5.95 Å². The third-order valence-electron chi connectivity index (χ3n) is 2.41. The van der Waals surface area contributed by atoms with Gasteiger partial charge in [0.25, 0.3) is 0 Å². The SMILES string of the molecule is CCC.CCc1ccc(Nc2nccc(C)n2)cc1. The Labute approximate surface area is 116 Å². The molecule has 0 saturated heterocycles. The summed E-state index contributed by atoms with van der Waals surface area (Å²) in [6.07, 6.45) is 4.06. The van der Waals surface area contributed by atoms with Crippen LogP contribution >= 0.6 is 0 Å². The predicted molar refractivity (Wildman–Crippen MR) is 81.8 cm³/mol. The molecule has 0 saturated carbocycles. The molecule has 1 aromatic heterocycles. The maximum Gasteiger partial charge on any atom is 0.227 e. The third-order valence-corrected chi connectivity index (χ3v) is 2.41. The van der Waals surface area contributed by atoms with Gasteiger partial charge in [-0.15, -0.1) is 0 Å². The molecule has 0 aliphatic rings. The zero-order chi connectivity index (χ0) is 14.1. The van der Waals surface area contributed by atoms with E-state index in [2.05, 4.69) is 48.2 Å². The molecule has 0 radical (unpaired) electrons. The second-order valence-corrected chi connectivity index (χ2v) is 4.40. The Balaban J connectivity index is 0.000000550. The van der Waals surface area contributed by atoms with Gasteiger partial charge in [-0.25, -0.2) is 9.97 Å². The smallest absolute Gasteiger partial charge is 0.227 e. The van der Waals surface area contributed by atoms with E-state index < -0.39 is 0 Å². The number of hydrogen-bond donors (Lipinski definition) is 1. The molecule has 2 rings (SSSR count). The van der Waals surface area contributed by atoms with Crippen molar-refractivity contribution in [3.8, 4) is 0 Å². The average molecular weight is 257 g/mol. The number of aryl methyl sites for hydroxylation is 2. The van der Waals surface area contributed by atoms with Crippen molar-refractivity contribution in [2.75, 3.05) is 5.32 Å². The molecule has 1 heterocycles. The zero-order valence-electron chi connectivity index (χ0n) is 12.3. The summed E-state index contributed by atoms with van der Waals surface area (Å²) in [4.78, 5) is 8.44. The van der Waals surface area contributed by atoms with Crippen molar-refractivity contribution < 1.29 is 0 Å². The largest absolute Gasteiger partial charge is 0.324 e. The topological polar surface area (TPSA) is 37.8 Å². The van der Waals surface area contributed by atoms with Crippen LogP contribution in [-0.2, 0) is 6.42 Å². The van der Waals surface area contributed by atoms with Crippen LogP contribution in [0.2, 0.25) is 0 Å². The van der Waals surface area contributed by atoms with E-state index in [0.717, 1.165) is 17.8 Å². The Bertz CT molecular complexity index is 478. The minimum absolute atomic E-state index is 0.643. The van der Waals surface area contributed by atoms with Crippen LogP contribution in [0.25, 0.3) is 0 Å². The van der Waals surface area contributed by atoms with Gasteiger partial charge in [-0.1, -0.05) is 39.3 Å². The highest BCUT2D eigenvalue weighted by molar-refractivity contribution is 5.53. The Hall–Kier alpha value is -1.90. The Kier molecular flexibility index (Phi) is 6.58. The fraction of sp³-hybridized carbons (Fsp3) is 0.375. The maximum atomic E-state index is 4.29. The molecule has 0 bridgehead atoms. The maximum absolute atomic E-state index is 4.29. The highest BCUT2D eigenvalue weighted by Crippen LogP contribution is 2.13. The minimum Gasteiger partial charge on any atom is -0.324 e. The lowest BCUT2D eigenvalue weighted by Gasteiger charge is -2.05. The lowest BCUT2D eigenvalue weighted by molar-refractivity contribution is 1.09. The van der Waals surface area contributed by atoms with Crippen LogP contribution in [0, 0.1) is 6.92 Å². The van der Waals surface area contributed by atoms with Crippen LogP contribution < -0.4 is 5.32 Å². The molecule has 0 fully saturated rings. The summed E-state index contributed by atoms with van der Waals surface area (Å²) in [5.41, 5.74) is 3.31. The standard InChI is InChI=1S/C13H15N3.C3H8/c1-3-11-4-6-12(7-5-11)16-13-14-9-8-10(2)15-13;1-3-2/h4-9H,3H2,1-2H3,(H,14,15,16);3H2,1-2H3. The van der Waals surface area contributed by atoms with Crippen LogP contribution in [0.3, 0.4) is 0 Å². The minimum atomic E-state index is 0.643. The van der Waals surface area contributed by atoms with Gasteiger partial charge < -0.3 is 5.32 Å². The fourth-order valence-electron chi connectivity index (χ4n) is 1.46. The monoisotopic (exact) mass is 257 g/mol. The van der Waals surface area contributed by atoms with Crippen molar-refractivity contribution in [2.24, 2.45) is 0 Å². The number of nitrogens with one attached hydrogen (secondary N) is 1. The Morgan fingerprint density at radius 2 is 1.63 bits per heavy atom. The molecule has 19 heavy (non-hydrogen) atoms. The van der Waals surface area contributed by atoms with Crippen molar-refractivity contribution in [3.05, 3.63) is 47.8 Å². The van der Waals surface area contributed by atoms with Gasteiger partial charge in [-0.3, -0.25) is 0 Å². The zero-order valence-corrected chi connectivity index (χ0v) is 12.3. The second-order valence-electron chi connectivity index (χ2n) is 4.40. The highest BCUT2D eigenvalue weighted by atomic mass is 15.1. The van der Waals surface area contributed by atoms with Crippen LogP contribution in [0.4, 0.5) is 11.6 Å². The summed E-state index contributed by atoms with van der Waals surface area (Å²) >= 11 is 0. The number of rotatable bonds is 3. The number of benzene rings is 1. The predicted octanol–water partition coefficient (Wildman–Crippen LogP) is 4.51. The molecule has 1 aromatic carbocycles. The van der Waals surface area contributed by atoms with Crippen molar-refractivity contribution in [2.45, 2.75) is 40.5 Å². The Morgan fingerprint density at radius 1 is 1.00 bits per heavy atom. The van der Waals surface area contributed by atoms with Crippen LogP contribution in [-0.4, -0.2) is 9.97 Å². The molecule has 0 aliphatic carbocycles. The van der Waals surface area contributed by atoms with E-state index >= 15 is 0 Å². The lowest BCUT2D eigenvalue weighted by Crippen LogP contribution is -1.97. The third kappa shape index (κ3) is 5.51. The highest BCUT2D eigenvalue weighted by Gasteiger charge is 1.97. The molecule has 102 valence electrons. The number of nitrogens with zero attached hydrogens (tertiary/aromatic N) is 2. The van der Waals surface area contributed by atoms with Crippen LogP contribution in [0.15, 0.2) is 36.5 Å². The van der Waals surface area contributed by atoms with Crippen LogP contribution in [0.5, 0.6) is 0 Å². The summed E-state index contributed by atoms with van der Waals surface area (Å²) in [7, 11) is 0. The Morgan fingerprint density at radius 3 is 2.16 bits per heavy atom. The molecule has 0 unspecified atom stereocenters. The van der Waals surface area contributed by atoms with E-state index in [1.807, 2.05) is 25.1 Å². The van der Waals surface area contributed by atoms with Crippen molar-refractivity contribution in [3.63, 3.8) is 0 Å². The summed E-state index contributed by atoms with van der Waals surface area (Å²) in [5.74, 6) is 0.643.